The predicted molar refractivity (Wildman–Crippen MR) is 495 cm³/mol. The van der Waals surface area contributed by atoms with Gasteiger partial charge in [0, 0.05) is 96.2 Å². The first-order valence-corrected chi connectivity index (χ1v) is 41.0. The van der Waals surface area contributed by atoms with Crippen LogP contribution in [0.25, 0.3) is 44.8 Å². The van der Waals surface area contributed by atoms with Crippen molar-refractivity contribution < 1.29 is 81.9 Å². The van der Waals surface area contributed by atoms with Crippen molar-refractivity contribution >= 4 is 156 Å². The number of anilines is 4. The number of H-pyrrole nitrogens is 3. The lowest BCUT2D eigenvalue weighted by molar-refractivity contribution is -0.384. The number of aromatic nitrogens is 7. The van der Waals surface area contributed by atoms with E-state index in [4.69, 9.17) is 78.1 Å². The van der Waals surface area contributed by atoms with Gasteiger partial charge in [0.25, 0.3) is 64.2 Å². The molecule has 0 saturated heterocycles. The third kappa shape index (κ3) is 22.1. The van der Waals surface area contributed by atoms with E-state index in [1.165, 1.54) is 67.3 Å². The number of nitrogens with two attached hydrogens (primary N) is 5. The van der Waals surface area contributed by atoms with Gasteiger partial charge < -0.3 is 87.4 Å². The molecular weight excluding hydrogens is 1780 g/mol. The van der Waals surface area contributed by atoms with Crippen molar-refractivity contribution in [1.82, 2.24) is 79.0 Å². The summed E-state index contributed by atoms with van der Waals surface area (Å²) in [6.45, 7) is 13.4. The highest BCUT2D eigenvalue weighted by atomic mass is 35.5. The van der Waals surface area contributed by atoms with E-state index in [0.29, 0.717) is 163 Å². The molecule has 4 aliphatic heterocycles. The second-order valence-electron chi connectivity index (χ2n) is 31.2. The summed E-state index contributed by atoms with van der Waals surface area (Å²) in [5, 5.41) is 31.7. The van der Waals surface area contributed by atoms with E-state index in [1.807, 2.05) is 90.1 Å². The number of carbonyl (C=O) groups excluding carboxylic acids is 10. The van der Waals surface area contributed by atoms with Crippen LogP contribution in [0.2, 0.25) is 15.1 Å². The number of hydrogen-bond acceptors (Lipinski definition) is 33. The molecule has 9 heterocycles. The Bertz CT molecular complexity index is 6350. The van der Waals surface area contributed by atoms with Crippen LogP contribution in [-0.2, 0) is 4.74 Å². The van der Waals surface area contributed by atoms with E-state index >= 15 is 0 Å². The first-order chi connectivity index (χ1) is 62.1. The molecule has 0 atom stereocenters. The number of ether oxygens (including phenoxy) is 3. The normalized spacial score (nSPS) is 12.8. The molecule has 0 bridgehead atoms. The van der Waals surface area contributed by atoms with Gasteiger partial charge in [-0.15, -0.1) is 0 Å². The molecular formula is C86H100Cl3N23O20. The lowest BCUT2D eigenvalue weighted by Crippen LogP contribution is -2.36. The molecule has 43 nitrogen and oxygen atoms in total. The maximum Gasteiger partial charge on any atom is 0.339 e. The van der Waals surface area contributed by atoms with Crippen molar-refractivity contribution in [3.05, 3.63) is 202 Å². The third-order valence-corrected chi connectivity index (χ3v) is 21.9. The number of amides is 8. The first-order valence-electron chi connectivity index (χ1n) is 39.9. The number of nitrogen functional groups attached to an aromatic ring is 4. The summed E-state index contributed by atoms with van der Waals surface area (Å²) in [4.78, 5) is 206. The van der Waals surface area contributed by atoms with Crippen LogP contribution in [0.1, 0.15) is 142 Å². The van der Waals surface area contributed by atoms with Crippen molar-refractivity contribution in [1.29, 1.82) is 0 Å². The molecule has 8 amide bonds. The van der Waals surface area contributed by atoms with Crippen LogP contribution in [0.4, 0.5) is 34.1 Å². The minimum atomic E-state index is -1.47. The summed E-state index contributed by atoms with van der Waals surface area (Å²) in [7, 11) is 23.0. The van der Waals surface area contributed by atoms with Crippen molar-refractivity contribution in [3.63, 3.8) is 0 Å². The van der Waals surface area contributed by atoms with Crippen LogP contribution in [0.5, 0.6) is 11.8 Å². The van der Waals surface area contributed by atoms with E-state index in [0.717, 1.165) is 37.2 Å². The number of aryl methyl sites for hydroxylation is 2. The second-order valence-corrected chi connectivity index (χ2v) is 32.4. The Labute approximate surface area is 770 Å². The molecule has 10 aromatic rings. The second kappa shape index (κ2) is 43.9. The highest BCUT2D eigenvalue weighted by Crippen LogP contribution is 2.41. The summed E-state index contributed by atoms with van der Waals surface area (Å²) >= 11 is 18.2. The number of esters is 1. The first kappa shape index (κ1) is 103. The zero-order valence-corrected chi connectivity index (χ0v) is 77.7. The number of aldehydes is 1. The molecule has 46 heteroatoms. The van der Waals surface area contributed by atoms with Gasteiger partial charge in [0.2, 0.25) is 11.8 Å². The lowest BCUT2D eigenvalue weighted by atomic mass is 9.99. The number of imide groups is 4. The van der Waals surface area contributed by atoms with Gasteiger partial charge in [-0.2, -0.15) is 0 Å². The van der Waals surface area contributed by atoms with Crippen molar-refractivity contribution in [2.45, 2.75) is 34.6 Å². The average molecular weight is 1880 g/mol. The Morgan fingerprint density at radius 1 is 0.485 bits per heavy atom. The number of carboxylic acid groups (broad SMARTS) is 1. The number of nitrogens with zero attached hydrogens (tertiary/aromatic N) is 15. The van der Waals surface area contributed by atoms with Crippen molar-refractivity contribution in [3.8, 4) is 34.5 Å². The third-order valence-electron chi connectivity index (χ3n) is 21.0. The fraction of sp³-hybridized carbons (Fsp3) is 0.326. The van der Waals surface area contributed by atoms with Gasteiger partial charge in [0.15, 0.2) is 6.29 Å². The van der Waals surface area contributed by atoms with Crippen LogP contribution < -0.4 is 43.7 Å². The number of carbonyl (C=O) groups is 11. The molecule has 5 aromatic carbocycles. The van der Waals surface area contributed by atoms with Gasteiger partial charge in [-0.1, -0.05) is 34.8 Å². The van der Waals surface area contributed by atoms with E-state index in [9.17, 15) is 77.8 Å². The maximum atomic E-state index is 12.9. The minimum Gasteiger partial charge on any atom is -0.480 e. The number of pyridine rings is 3. The summed E-state index contributed by atoms with van der Waals surface area (Å²) in [6.07, 6.45) is 5.10. The fourth-order valence-corrected chi connectivity index (χ4v) is 14.5. The molecule has 4 aliphatic rings. The number of hydrogen-bond donors (Lipinski definition) is 9. The number of nitro groups is 2. The Hall–Kier alpha value is -14.3. The van der Waals surface area contributed by atoms with E-state index in [-0.39, 0.29) is 120 Å². The number of aromatic amines is 3. The zero-order valence-electron chi connectivity index (χ0n) is 75.4. The molecule has 0 saturated carbocycles. The topological polar surface area (TPSA) is 597 Å². The zero-order chi connectivity index (χ0) is 98.5. The Kier molecular flexibility index (Phi) is 34.3. The number of carboxylic acids is 1. The Morgan fingerprint density at radius 2 is 0.848 bits per heavy atom. The minimum absolute atomic E-state index is 0.00782. The molecule has 0 radical (unpaired) electrons. The standard InChI is InChI=1S/C20H20ClN5O3.C19H18ClN5O3.C13H16N4O4.C13H18N4O2.C10H10N2O6.C7H6ClNO2.C4H12N2/c1-10-14-11(19(27)26(20(14)28)8-7-25(2)3)9-13-16(10)24-17(23-13)15-12(21)5-6-22-18(15)29-4;1-9-13-10(18(27)25(19(13)28)7-6-24(2)3)8-12-15(9)23-16(22-12)14-11(20)4-5-21-17(14)26;1-7-10-8(6-9(11(7)14)17(20)21)12(18)16(13(10)19)5-4-15(2)3;1-7-10-8(6-9(14)11(7)15)12(18)17(13(10)19)5-4-16(2)3;1-4-7(10(15)18-2)5(9(13)14)3-6(8(4)11)12(16)17;1-11-7-5(4-10)6(8)2-3-9-7;1-6(2)4-3-5/h5-6,9H,7-8H2,1-4H3,(H,23,24);4-5,8H,6-7H2,1-3H3,(H,21,26)(H,22,23);6H,4-5,14H2,1-3H3;6H,4-5,14-15H2,1-3H3;3H,11H2,1-2H3,(H,13,14);2-4H,1H3;3-5H2,1-2H3. The number of fused-ring (bicyclic) bond motifs is 6. The largest absolute Gasteiger partial charge is 0.480 e. The number of benzene rings is 5. The predicted octanol–water partition coefficient (Wildman–Crippen LogP) is 7.78. The summed E-state index contributed by atoms with van der Waals surface area (Å²) < 4.78 is 14.5. The number of halogens is 3. The molecule has 5 aromatic heterocycles. The fourth-order valence-electron chi connectivity index (χ4n) is 13.9. The number of rotatable bonds is 23. The van der Waals surface area contributed by atoms with Crippen LogP contribution >= 0.6 is 34.8 Å². The molecule has 132 heavy (non-hydrogen) atoms. The number of nitro benzene ring substituents is 2. The van der Waals surface area contributed by atoms with Gasteiger partial charge in [0.05, 0.1) is 146 Å². The van der Waals surface area contributed by atoms with E-state index in [1.54, 1.807) is 51.2 Å². The van der Waals surface area contributed by atoms with Gasteiger partial charge >= 0.3 is 11.9 Å². The summed E-state index contributed by atoms with van der Waals surface area (Å²) in [5.41, 5.74) is 34.2. The highest BCUT2D eigenvalue weighted by Gasteiger charge is 2.43. The summed E-state index contributed by atoms with van der Waals surface area (Å²) in [6, 6.07) is 11.4. The smallest absolute Gasteiger partial charge is 0.339 e. The van der Waals surface area contributed by atoms with Gasteiger partial charge in [0.1, 0.15) is 28.6 Å². The molecule has 700 valence electrons. The van der Waals surface area contributed by atoms with Crippen molar-refractivity contribution in [2.24, 2.45) is 5.73 Å². The van der Waals surface area contributed by atoms with Gasteiger partial charge in [-0.25, -0.2) is 29.5 Å². The Morgan fingerprint density at radius 3 is 1.21 bits per heavy atom. The van der Waals surface area contributed by atoms with Crippen molar-refractivity contribution in [2.75, 3.05) is 180 Å². The number of likely N-dealkylation sites (N-methyl/N-ethyl adjacent to an activating group) is 5. The molecule has 14 N–H and O–H groups in total. The van der Waals surface area contributed by atoms with Crippen LogP contribution in [-0.4, -0.2) is 317 Å². The monoisotopic (exact) mass is 1880 g/mol. The molecule has 0 spiro atoms. The van der Waals surface area contributed by atoms with Crippen LogP contribution in [0.15, 0.2) is 71.9 Å². The van der Waals surface area contributed by atoms with Gasteiger partial charge in [-0.05, 0) is 169 Å². The summed E-state index contributed by atoms with van der Waals surface area (Å²) in [5.74, 6) is -3.78. The van der Waals surface area contributed by atoms with Crippen LogP contribution in [0, 0.1) is 54.8 Å². The van der Waals surface area contributed by atoms with E-state index < -0.39 is 44.9 Å². The van der Waals surface area contributed by atoms with E-state index in [2.05, 4.69) is 44.5 Å². The SMILES string of the molecule is CN(C)CCN.COC(=O)c1c(C(=O)O)cc([N+](=O)[O-])c(N)c1C.COc1nccc(Cl)c1-c1nc2c(C)c3c(cc2[nH]1)C(=O)N(CCN(C)C)C3=O.COc1nccc(Cl)c1C=O.Cc1c(N)c(N)cc2c1C(=O)N(CCN(C)C)C2=O.Cc1c(N)c([N+](=O)[O-])cc2c1C(=O)N(CCN(C)C)C2=O.Cc1c2c(cc3[nH]c(-c4c(Cl)cc[nH]c4=O)nc13)C(=O)N(CCN(C)C)C2=O. The number of imidazole rings is 2. The Balaban J connectivity index is 0.000000197. The maximum absolute atomic E-state index is 12.9. The molecule has 0 fully saturated rings. The number of nitrogens with one attached hydrogen (secondary N) is 3. The highest BCUT2D eigenvalue weighted by molar-refractivity contribution is 6.34. The molecule has 14 rings (SSSR count). The number of aromatic carboxylic acids is 1. The number of methoxy groups -OCH3 is 3. The lowest BCUT2D eigenvalue weighted by Gasteiger charge is -2.16. The molecule has 0 aliphatic carbocycles. The average Bonchev–Trinajstić information content (AvgIpc) is 1.58. The van der Waals surface area contributed by atoms with Gasteiger partial charge in [-0.3, -0.25) is 87.8 Å². The quantitative estimate of drug-likeness (QED) is 0.00736. The van der Waals surface area contributed by atoms with Crippen LogP contribution in [0.3, 0.4) is 0 Å². The molecule has 0 unspecified atom stereocenters.